The largest absolute Gasteiger partial charge is 0.351 e. The van der Waals surface area contributed by atoms with E-state index >= 15 is 0 Å². The topological polar surface area (TPSA) is 44.4 Å². The second-order valence-corrected chi connectivity index (χ2v) is 7.61. The lowest BCUT2D eigenvalue weighted by Gasteiger charge is -2.24. The van der Waals surface area contributed by atoms with Gasteiger partial charge in [-0.2, -0.15) is 0 Å². The van der Waals surface area contributed by atoms with Crippen molar-refractivity contribution in [3.63, 3.8) is 0 Å². The maximum absolute atomic E-state index is 12.5. The minimum absolute atomic E-state index is 0.00644. The summed E-state index contributed by atoms with van der Waals surface area (Å²) in [6.07, 6.45) is 6.17. The quantitative estimate of drug-likeness (QED) is 0.800. The van der Waals surface area contributed by atoms with Crippen LogP contribution in [0.5, 0.6) is 0 Å². The standard InChI is InChI=1S/C21H33N3O/c1-3-24(4-2)15-17-9-7-8-16(12-17)14-22-21(25)20-13-18-10-5-6-11-19(18)23-20/h7-9,12,18-20,23H,3-6,10-11,13-15H2,1-2H3,(H,22,25). The lowest BCUT2D eigenvalue weighted by molar-refractivity contribution is -0.123. The lowest BCUT2D eigenvalue weighted by Crippen LogP contribution is -2.42. The van der Waals surface area contributed by atoms with Crippen LogP contribution in [0.4, 0.5) is 0 Å². The Morgan fingerprint density at radius 1 is 1.20 bits per heavy atom. The summed E-state index contributed by atoms with van der Waals surface area (Å²) in [5.74, 6) is 0.880. The van der Waals surface area contributed by atoms with Gasteiger partial charge in [-0.25, -0.2) is 0 Å². The molecule has 1 saturated carbocycles. The number of rotatable bonds is 7. The van der Waals surface area contributed by atoms with Crippen molar-refractivity contribution in [2.45, 2.75) is 71.1 Å². The minimum Gasteiger partial charge on any atom is -0.351 e. The molecule has 4 nitrogen and oxygen atoms in total. The van der Waals surface area contributed by atoms with Gasteiger partial charge in [-0.1, -0.05) is 51.0 Å². The van der Waals surface area contributed by atoms with Crippen molar-refractivity contribution in [1.29, 1.82) is 0 Å². The predicted octanol–water partition coefficient (Wildman–Crippen LogP) is 3.07. The maximum Gasteiger partial charge on any atom is 0.237 e. The molecule has 4 heteroatoms. The molecule has 138 valence electrons. The molecule has 3 atom stereocenters. The number of carbonyl (C=O) groups excluding carboxylic acids is 1. The summed E-state index contributed by atoms with van der Waals surface area (Å²) >= 11 is 0. The third kappa shape index (κ3) is 4.83. The summed E-state index contributed by atoms with van der Waals surface area (Å²) in [7, 11) is 0. The lowest BCUT2D eigenvalue weighted by atomic mass is 9.85. The first-order valence-corrected chi connectivity index (χ1v) is 10.0. The molecule has 0 spiro atoms. The summed E-state index contributed by atoms with van der Waals surface area (Å²) < 4.78 is 0. The fraction of sp³-hybridized carbons (Fsp3) is 0.667. The van der Waals surface area contributed by atoms with Crippen LogP contribution in [-0.2, 0) is 17.9 Å². The van der Waals surface area contributed by atoms with Crippen LogP contribution < -0.4 is 10.6 Å². The van der Waals surface area contributed by atoms with Gasteiger partial charge in [-0.3, -0.25) is 9.69 Å². The molecule has 2 aliphatic rings. The highest BCUT2D eigenvalue weighted by Crippen LogP contribution is 2.33. The Morgan fingerprint density at radius 3 is 2.72 bits per heavy atom. The first-order valence-electron chi connectivity index (χ1n) is 10.0. The molecule has 25 heavy (non-hydrogen) atoms. The molecule has 1 saturated heterocycles. The van der Waals surface area contributed by atoms with Crippen LogP contribution in [0, 0.1) is 5.92 Å². The van der Waals surface area contributed by atoms with Gasteiger partial charge in [0.1, 0.15) is 0 Å². The second-order valence-electron chi connectivity index (χ2n) is 7.61. The monoisotopic (exact) mass is 343 g/mol. The maximum atomic E-state index is 12.5. The number of nitrogens with zero attached hydrogens (tertiary/aromatic N) is 1. The molecule has 2 fully saturated rings. The Bertz CT molecular complexity index is 556. The van der Waals surface area contributed by atoms with Crippen molar-refractivity contribution in [1.82, 2.24) is 15.5 Å². The number of carbonyl (C=O) groups is 1. The molecule has 2 N–H and O–H groups in total. The average Bonchev–Trinajstić information content (AvgIpc) is 3.09. The van der Waals surface area contributed by atoms with Gasteiger partial charge >= 0.3 is 0 Å². The van der Waals surface area contributed by atoms with E-state index in [9.17, 15) is 4.79 Å². The number of benzene rings is 1. The Hall–Kier alpha value is -1.39. The van der Waals surface area contributed by atoms with Crippen LogP contribution in [0.2, 0.25) is 0 Å². The van der Waals surface area contributed by atoms with E-state index in [1.54, 1.807) is 0 Å². The molecule has 1 aromatic carbocycles. The van der Waals surface area contributed by atoms with Crippen LogP contribution in [0.3, 0.4) is 0 Å². The molecular weight excluding hydrogens is 310 g/mol. The molecular formula is C21H33N3O. The van der Waals surface area contributed by atoms with E-state index in [0.29, 0.717) is 18.5 Å². The van der Waals surface area contributed by atoms with E-state index in [1.807, 2.05) is 0 Å². The zero-order valence-corrected chi connectivity index (χ0v) is 15.8. The van der Waals surface area contributed by atoms with E-state index in [0.717, 1.165) is 26.1 Å². The highest BCUT2D eigenvalue weighted by atomic mass is 16.2. The normalized spacial score (nSPS) is 25.8. The van der Waals surface area contributed by atoms with Gasteiger partial charge in [0.25, 0.3) is 0 Å². The molecule has 3 rings (SSSR count). The fourth-order valence-corrected chi connectivity index (χ4v) is 4.38. The Balaban J connectivity index is 1.50. The number of amides is 1. The highest BCUT2D eigenvalue weighted by molar-refractivity contribution is 5.82. The van der Waals surface area contributed by atoms with Crippen molar-refractivity contribution < 1.29 is 4.79 Å². The van der Waals surface area contributed by atoms with E-state index in [1.165, 1.54) is 36.8 Å². The fourth-order valence-electron chi connectivity index (χ4n) is 4.38. The molecule has 0 aromatic heterocycles. The number of hydrogen-bond acceptors (Lipinski definition) is 3. The Labute approximate surface area is 152 Å². The smallest absolute Gasteiger partial charge is 0.237 e. The first-order chi connectivity index (χ1) is 12.2. The molecule has 1 heterocycles. The van der Waals surface area contributed by atoms with Crippen molar-refractivity contribution >= 4 is 5.91 Å². The molecule has 0 bridgehead atoms. The molecule has 3 unspecified atom stereocenters. The van der Waals surface area contributed by atoms with Gasteiger partial charge in [-0.15, -0.1) is 0 Å². The third-order valence-corrected chi connectivity index (χ3v) is 5.94. The van der Waals surface area contributed by atoms with Crippen molar-refractivity contribution in [3.8, 4) is 0 Å². The number of hydrogen-bond donors (Lipinski definition) is 2. The van der Waals surface area contributed by atoms with Crippen LogP contribution in [0.25, 0.3) is 0 Å². The molecule has 1 aromatic rings. The zero-order valence-electron chi connectivity index (χ0n) is 15.8. The Kier molecular flexibility index (Phi) is 6.49. The van der Waals surface area contributed by atoms with Gasteiger partial charge in [0.2, 0.25) is 5.91 Å². The minimum atomic E-state index is 0.00644. The number of fused-ring (bicyclic) bond motifs is 1. The van der Waals surface area contributed by atoms with Crippen molar-refractivity contribution in [2.75, 3.05) is 13.1 Å². The van der Waals surface area contributed by atoms with Crippen LogP contribution in [-0.4, -0.2) is 36.0 Å². The van der Waals surface area contributed by atoms with E-state index in [-0.39, 0.29) is 11.9 Å². The van der Waals surface area contributed by atoms with E-state index in [4.69, 9.17) is 0 Å². The van der Waals surface area contributed by atoms with E-state index < -0.39 is 0 Å². The summed E-state index contributed by atoms with van der Waals surface area (Å²) in [5, 5.41) is 6.71. The summed E-state index contributed by atoms with van der Waals surface area (Å²) in [4.78, 5) is 14.9. The zero-order chi connectivity index (χ0) is 17.6. The summed E-state index contributed by atoms with van der Waals surface area (Å²) in [6, 6.07) is 9.18. The molecule has 1 aliphatic carbocycles. The highest BCUT2D eigenvalue weighted by Gasteiger charge is 2.37. The van der Waals surface area contributed by atoms with Crippen LogP contribution in [0.1, 0.15) is 57.1 Å². The summed E-state index contributed by atoms with van der Waals surface area (Å²) in [6.45, 7) is 8.11. The van der Waals surface area contributed by atoms with Crippen LogP contribution >= 0.6 is 0 Å². The SMILES string of the molecule is CCN(CC)Cc1cccc(CNC(=O)C2CC3CCCCC3N2)c1. The van der Waals surface area contributed by atoms with Gasteiger partial charge in [0.15, 0.2) is 0 Å². The van der Waals surface area contributed by atoms with Crippen LogP contribution in [0.15, 0.2) is 24.3 Å². The molecule has 1 amide bonds. The summed E-state index contributed by atoms with van der Waals surface area (Å²) in [5.41, 5.74) is 2.51. The third-order valence-electron chi connectivity index (χ3n) is 5.94. The van der Waals surface area contributed by atoms with Crippen molar-refractivity contribution in [2.24, 2.45) is 5.92 Å². The molecule has 1 aliphatic heterocycles. The van der Waals surface area contributed by atoms with Gasteiger partial charge in [0, 0.05) is 19.1 Å². The van der Waals surface area contributed by atoms with Gasteiger partial charge in [0.05, 0.1) is 6.04 Å². The second kappa shape index (κ2) is 8.81. The van der Waals surface area contributed by atoms with Gasteiger partial charge < -0.3 is 10.6 Å². The van der Waals surface area contributed by atoms with Crippen molar-refractivity contribution in [3.05, 3.63) is 35.4 Å². The first kappa shape index (κ1) is 18.4. The average molecular weight is 344 g/mol. The Morgan fingerprint density at radius 2 is 1.96 bits per heavy atom. The number of nitrogens with one attached hydrogen (secondary N) is 2. The van der Waals surface area contributed by atoms with E-state index in [2.05, 4.69) is 53.6 Å². The van der Waals surface area contributed by atoms with Gasteiger partial charge in [-0.05, 0) is 49.4 Å². The molecule has 0 radical (unpaired) electrons. The predicted molar refractivity (Wildman–Crippen MR) is 102 cm³/mol.